The van der Waals surface area contributed by atoms with E-state index in [0.717, 1.165) is 31.2 Å². The summed E-state index contributed by atoms with van der Waals surface area (Å²) in [6, 6.07) is 6.06. The number of benzene rings is 1. The third kappa shape index (κ3) is 3.29. The van der Waals surface area contributed by atoms with Crippen LogP contribution < -0.4 is 5.32 Å². The highest BCUT2D eigenvalue weighted by atomic mass is 32.1. The van der Waals surface area contributed by atoms with Crippen LogP contribution in [0.25, 0.3) is 10.6 Å². The molecule has 2 aromatic rings. The fourth-order valence-electron chi connectivity index (χ4n) is 2.92. The predicted molar refractivity (Wildman–Crippen MR) is 90.0 cm³/mol. The molecule has 2 N–H and O–H groups in total. The van der Waals surface area contributed by atoms with E-state index in [0.29, 0.717) is 10.7 Å². The molecule has 126 valence electrons. The van der Waals surface area contributed by atoms with Crippen molar-refractivity contribution >= 4 is 22.9 Å². The summed E-state index contributed by atoms with van der Waals surface area (Å²) < 4.78 is 0. The van der Waals surface area contributed by atoms with Gasteiger partial charge in [-0.15, -0.1) is 11.3 Å². The number of carbonyl (C=O) groups is 1. The number of aliphatic hydroxyl groups is 1. The second kappa shape index (κ2) is 6.66. The Morgan fingerprint density at radius 1 is 1.33 bits per heavy atom. The molecule has 1 aromatic carbocycles. The fraction of sp³-hybridized carbons (Fsp3) is 0.375. The van der Waals surface area contributed by atoms with Gasteiger partial charge in [-0.25, -0.2) is 4.98 Å². The molecule has 3 rings (SSSR count). The van der Waals surface area contributed by atoms with Crippen LogP contribution in [0, 0.1) is 10.1 Å². The van der Waals surface area contributed by atoms with E-state index in [2.05, 4.69) is 10.3 Å². The molecular weight excluding hydrogens is 330 g/mol. The van der Waals surface area contributed by atoms with Gasteiger partial charge in [-0.2, -0.15) is 0 Å². The second-order valence-electron chi connectivity index (χ2n) is 5.94. The van der Waals surface area contributed by atoms with Gasteiger partial charge in [-0.1, -0.05) is 12.8 Å². The summed E-state index contributed by atoms with van der Waals surface area (Å²) in [4.78, 5) is 26.9. The summed E-state index contributed by atoms with van der Waals surface area (Å²) in [6.07, 6.45) is 3.53. The van der Waals surface area contributed by atoms with Gasteiger partial charge in [-0.3, -0.25) is 14.9 Å². The number of rotatable bonds is 5. The van der Waals surface area contributed by atoms with Gasteiger partial charge >= 0.3 is 0 Å². The summed E-state index contributed by atoms with van der Waals surface area (Å²) in [5.41, 5.74) is 0.503. The average Bonchev–Trinajstić information content (AvgIpc) is 3.25. The topological polar surface area (TPSA) is 105 Å². The van der Waals surface area contributed by atoms with Gasteiger partial charge < -0.3 is 10.4 Å². The number of non-ortho nitro benzene ring substituents is 1. The quantitative estimate of drug-likeness (QED) is 0.639. The Hall–Kier alpha value is -2.32. The number of aromatic nitrogens is 1. The lowest BCUT2D eigenvalue weighted by molar-refractivity contribution is -0.384. The monoisotopic (exact) mass is 347 g/mol. The molecule has 0 unspecified atom stereocenters. The van der Waals surface area contributed by atoms with Gasteiger partial charge in [0.05, 0.1) is 17.1 Å². The van der Waals surface area contributed by atoms with Crippen molar-refractivity contribution in [3.05, 3.63) is 45.5 Å². The first-order valence-corrected chi connectivity index (χ1v) is 8.55. The molecule has 0 saturated heterocycles. The molecule has 0 aliphatic heterocycles. The van der Waals surface area contributed by atoms with Crippen molar-refractivity contribution in [1.29, 1.82) is 0 Å². The molecule has 7 nitrogen and oxygen atoms in total. The Bertz CT molecular complexity index is 751. The molecule has 0 atom stereocenters. The number of aliphatic hydroxyl groups excluding tert-OH is 1. The molecule has 0 radical (unpaired) electrons. The van der Waals surface area contributed by atoms with Crippen LogP contribution >= 0.6 is 11.3 Å². The Morgan fingerprint density at radius 3 is 2.58 bits per heavy atom. The molecule has 0 spiro atoms. The molecule has 1 amide bonds. The van der Waals surface area contributed by atoms with E-state index in [1.165, 1.54) is 23.5 Å². The van der Waals surface area contributed by atoms with E-state index in [-0.39, 0.29) is 18.2 Å². The van der Waals surface area contributed by atoms with E-state index < -0.39 is 10.5 Å². The first kappa shape index (κ1) is 16.5. The molecule has 1 aromatic heterocycles. The predicted octanol–water partition coefficient (Wildman–Crippen LogP) is 2.75. The zero-order valence-electron chi connectivity index (χ0n) is 12.9. The van der Waals surface area contributed by atoms with Gasteiger partial charge in [0.25, 0.3) is 11.6 Å². The van der Waals surface area contributed by atoms with Crippen LogP contribution in [-0.4, -0.2) is 33.1 Å². The minimum Gasteiger partial charge on any atom is -0.394 e. The minimum absolute atomic E-state index is 0.0133. The van der Waals surface area contributed by atoms with Crippen LogP contribution in [0.15, 0.2) is 29.6 Å². The number of thiazole rings is 1. The lowest BCUT2D eigenvalue weighted by atomic mass is 9.99. The average molecular weight is 347 g/mol. The lowest BCUT2D eigenvalue weighted by Crippen LogP contribution is -2.49. The molecule has 1 aliphatic rings. The van der Waals surface area contributed by atoms with Crippen molar-refractivity contribution in [2.24, 2.45) is 0 Å². The van der Waals surface area contributed by atoms with Crippen LogP contribution in [0.5, 0.6) is 0 Å². The number of nitrogens with one attached hydrogen (secondary N) is 1. The number of nitro groups is 1. The third-order valence-corrected chi connectivity index (χ3v) is 5.20. The molecule has 1 aliphatic carbocycles. The zero-order valence-corrected chi connectivity index (χ0v) is 13.7. The van der Waals surface area contributed by atoms with Crippen molar-refractivity contribution in [2.75, 3.05) is 6.61 Å². The fourth-order valence-corrected chi connectivity index (χ4v) is 3.72. The summed E-state index contributed by atoms with van der Waals surface area (Å²) in [7, 11) is 0. The Labute approximate surface area is 142 Å². The highest BCUT2D eigenvalue weighted by Crippen LogP contribution is 2.30. The van der Waals surface area contributed by atoms with Crippen molar-refractivity contribution < 1.29 is 14.8 Å². The number of amides is 1. The van der Waals surface area contributed by atoms with E-state index in [1.54, 1.807) is 17.5 Å². The molecular formula is C16H17N3O4S. The van der Waals surface area contributed by atoms with Crippen LogP contribution in [0.1, 0.15) is 36.2 Å². The first-order chi connectivity index (χ1) is 11.5. The third-order valence-electron chi connectivity index (χ3n) is 4.30. The van der Waals surface area contributed by atoms with Crippen molar-refractivity contribution in [3.63, 3.8) is 0 Å². The SMILES string of the molecule is O=C(NC1(CO)CCCC1)c1csc(-c2ccc([N+](=O)[O-])cc2)n1. The van der Waals surface area contributed by atoms with Crippen molar-refractivity contribution in [3.8, 4) is 10.6 Å². The molecule has 24 heavy (non-hydrogen) atoms. The van der Waals surface area contributed by atoms with Crippen LogP contribution in [0.2, 0.25) is 0 Å². The summed E-state index contributed by atoms with van der Waals surface area (Å²) in [5, 5.41) is 25.5. The van der Waals surface area contributed by atoms with Gasteiger partial charge in [0.2, 0.25) is 0 Å². The number of nitro benzene ring substituents is 1. The Balaban J connectivity index is 1.75. The maximum Gasteiger partial charge on any atom is 0.271 e. The first-order valence-electron chi connectivity index (χ1n) is 7.67. The molecule has 1 heterocycles. The number of hydrogen-bond acceptors (Lipinski definition) is 6. The van der Waals surface area contributed by atoms with Gasteiger partial charge in [0.1, 0.15) is 10.7 Å². The van der Waals surface area contributed by atoms with Crippen LogP contribution in [0.3, 0.4) is 0 Å². The molecule has 1 saturated carbocycles. The highest BCUT2D eigenvalue weighted by molar-refractivity contribution is 7.13. The largest absolute Gasteiger partial charge is 0.394 e. The maximum atomic E-state index is 12.4. The van der Waals surface area contributed by atoms with Gasteiger partial charge in [0, 0.05) is 23.1 Å². The lowest BCUT2D eigenvalue weighted by Gasteiger charge is -2.27. The minimum atomic E-state index is -0.534. The molecule has 0 bridgehead atoms. The number of carbonyl (C=O) groups excluding carboxylic acids is 1. The van der Waals surface area contributed by atoms with E-state index >= 15 is 0 Å². The summed E-state index contributed by atoms with van der Waals surface area (Å²) in [6.45, 7) is -0.0713. The highest BCUT2D eigenvalue weighted by Gasteiger charge is 2.35. The van der Waals surface area contributed by atoms with Gasteiger partial charge in [-0.05, 0) is 25.0 Å². The van der Waals surface area contributed by atoms with Gasteiger partial charge in [0.15, 0.2) is 0 Å². The second-order valence-corrected chi connectivity index (χ2v) is 6.80. The van der Waals surface area contributed by atoms with E-state index in [9.17, 15) is 20.0 Å². The maximum absolute atomic E-state index is 12.4. The molecule has 1 fully saturated rings. The van der Waals surface area contributed by atoms with E-state index in [4.69, 9.17) is 0 Å². The standard InChI is InChI=1S/C16H17N3O4S/c20-10-16(7-1-2-8-16)18-14(21)13-9-24-15(17-13)11-3-5-12(6-4-11)19(22)23/h3-6,9,20H,1-2,7-8,10H2,(H,18,21). The van der Waals surface area contributed by atoms with Crippen molar-refractivity contribution in [2.45, 2.75) is 31.2 Å². The number of hydrogen-bond donors (Lipinski definition) is 2. The summed E-state index contributed by atoms with van der Waals surface area (Å²) in [5.74, 6) is -0.296. The Kier molecular flexibility index (Phi) is 4.59. The zero-order chi connectivity index (χ0) is 17.2. The smallest absolute Gasteiger partial charge is 0.271 e. The summed E-state index contributed by atoms with van der Waals surface area (Å²) >= 11 is 1.31. The van der Waals surface area contributed by atoms with Crippen LogP contribution in [0.4, 0.5) is 5.69 Å². The molecule has 8 heteroatoms. The van der Waals surface area contributed by atoms with E-state index in [1.807, 2.05) is 0 Å². The van der Waals surface area contributed by atoms with Crippen LogP contribution in [-0.2, 0) is 0 Å². The Morgan fingerprint density at radius 2 is 2.00 bits per heavy atom. The van der Waals surface area contributed by atoms with Crippen molar-refractivity contribution in [1.82, 2.24) is 10.3 Å². The number of nitrogens with zero attached hydrogens (tertiary/aromatic N) is 2. The normalized spacial score (nSPS) is 16.0.